The Hall–Kier alpha value is -0.900. The number of nitrogens with zero attached hydrogens (tertiary/aromatic N) is 1. The van der Waals surface area contributed by atoms with E-state index >= 15 is 0 Å². The molecular formula is C15H24N2O. The Balaban J connectivity index is 1.71. The molecule has 0 aliphatic heterocycles. The van der Waals surface area contributed by atoms with E-state index in [4.69, 9.17) is 4.74 Å². The lowest BCUT2D eigenvalue weighted by atomic mass is 10.1. The maximum absolute atomic E-state index is 5.79. The highest BCUT2D eigenvalue weighted by Crippen LogP contribution is 2.24. The molecule has 1 aromatic carbocycles. The molecule has 0 amide bonds. The lowest BCUT2D eigenvalue weighted by Crippen LogP contribution is -2.25. The van der Waals surface area contributed by atoms with Crippen LogP contribution in [0.5, 0.6) is 0 Å². The van der Waals surface area contributed by atoms with Gasteiger partial charge >= 0.3 is 0 Å². The zero-order chi connectivity index (χ0) is 12.8. The normalized spacial score (nSPS) is 15.3. The van der Waals surface area contributed by atoms with Gasteiger partial charge in [-0.05, 0) is 38.1 Å². The first kappa shape index (κ1) is 13.5. The second kappa shape index (κ2) is 6.88. The van der Waals surface area contributed by atoms with Crippen molar-refractivity contribution >= 4 is 0 Å². The monoisotopic (exact) mass is 248 g/mol. The van der Waals surface area contributed by atoms with Crippen molar-refractivity contribution in [3.8, 4) is 0 Å². The van der Waals surface area contributed by atoms with Crippen LogP contribution < -0.4 is 5.32 Å². The SMILES string of the molecule is CNCc1ccccc1COCCN(C)C1CC1. The molecule has 3 nitrogen and oxygen atoms in total. The van der Waals surface area contributed by atoms with E-state index in [1.807, 2.05) is 7.05 Å². The lowest BCUT2D eigenvalue weighted by Gasteiger charge is -2.16. The first-order valence-electron chi connectivity index (χ1n) is 6.80. The molecule has 18 heavy (non-hydrogen) atoms. The van der Waals surface area contributed by atoms with Gasteiger partial charge in [0.1, 0.15) is 0 Å². The van der Waals surface area contributed by atoms with E-state index in [2.05, 4.69) is 41.5 Å². The first-order chi connectivity index (χ1) is 8.81. The summed E-state index contributed by atoms with van der Waals surface area (Å²) in [5.41, 5.74) is 2.62. The highest BCUT2D eigenvalue weighted by Gasteiger charge is 2.25. The molecule has 0 spiro atoms. The van der Waals surface area contributed by atoms with Crippen molar-refractivity contribution in [2.45, 2.75) is 32.0 Å². The van der Waals surface area contributed by atoms with Gasteiger partial charge in [-0.2, -0.15) is 0 Å². The molecule has 0 radical (unpaired) electrons. The van der Waals surface area contributed by atoms with Gasteiger partial charge in [-0.15, -0.1) is 0 Å². The molecular weight excluding hydrogens is 224 g/mol. The number of benzene rings is 1. The summed E-state index contributed by atoms with van der Waals surface area (Å²) >= 11 is 0. The fraction of sp³-hybridized carbons (Fsp3) is 0.600. The third-order valence-electron chi connectivity index (χ3n) is 3.50. The molecule has 0 atom stereocenters. The number of ether oxygens (including phenoxy) is 1. The highest BCUT2D eigenvalue weighted by atomic mass is 16.5. The molecule has 0 saturated heterocycles. The average molecular weight is 248 g/mol. The van der Waals surface area contributed by atoms with Crippen molar-refractivity contribution in [2.24, 2.45) is 0 Å². The van der Waals surface area contributed by atoms with Gasteiger partial charge in [-0.3, -0.25) is 0 Å². The summed E-state index contributed by atoms with van der Waals surface area (Å²) < 4.78 is 5.79. The smallest absolute Gasteiger partial charge is 0.0720 e. The summed E-state index contributed by atoms with van der Waals surface area (Å²) in [6.07, 6.45) is 2.73. The Morgan fingerprint density at radius 3 is 2.67 bits per heavy atom. The van der Waals surface area contributed by atoms with Crippen LogP contribution in [0.3, 0.4) is 0 Å². The Labute approximate surface area is 110 Å². The number of nitrogens with one attached hydrogen (secondary N) is 1. The Morgan fingerprint density at radius 2 is 2.00 bits per heavy atom. The molecule has 2 rings (SSSR count). The number of hydrogen-bond donors (Lipinski definition) is 1. The quantitative estimate of drug-likeness (QED) is 0.712. The van der Waals surface area contributed by atoms with Crippen molar-refractivity contribution in [3.05, 3.63) is 35.4 Å². The molecule has 3 heteroatoms. The van der Waals surface area contributed by atoms with Crippen LogP contribution in [0.2, 0.25) is 0 Å². The summed E-state index contributed by atoms with van der Waals surface area (Å²) in [4.78, 5) is 2.40. The van der Waals surface area contributed by atoms with Crippen LogP contribution in [0, 0.1) is 0 Å². The Morgan fingerprint density at radius 1 is 1.28 bits per heavy atom. The minimum absolute atomic E-state index is 0.719. The van der Waals surface area contributed by atoms with Gasteiger partial charge in [0.15, 0.2) is 0 Å². The minimum atomic E-state index is 0.719. The van der Waals surface area contributed by atoms with E-state index in [0.29, 0.717) is 0 Å². The minimum Gasteiger partial charge on any atom is -0.375 e. The van der Waals surface area contributed by atoms with Gasteiger partial charge in [0.25, 0.3) is 0 Å². The summed E-state index contributed by atoms with van der Waals surface area (Å²) in [5.74, 6) is 0. The molecule has 1 aliphatic rings. The van der Waals surface area contributed by atoms with Crippen molar-refractivity contribution in [2.75, 3.05) is 27.2 Å². The van der Waals surface area contributed by atoms with E-state index < -0.39 is 0 Å². The van der Waals surface area contributed by atoms with E-state index in [1.54, 1.807) is 0 Å². The predicted molar refractivity (Wildman–Crippen MR) is 74.5 cm³/mol. The zero-order valence-electron chi connectivity index (χ0n) is 11.5. The number of hydrogen-bond acceptors (Lipinski definition) is 3. The van der Waals surface area contributed by atoms with E-state index in [1.165, 1.54) is 24.0 Å². The molecule has 0 unspecified atom stereocenters. The second-order valence-electron chi connectivity index (χ2n) is 5.06. The maximum Gasteiger partial charge on any atom is 0.0720 e. The molecule has 1 aromatic rings. The fourth-order valence-corrected chi connectivity index (χ4v) is 2.15. The molecule has 0 bridgehead atoms. The molecule has 0 heterocycles. The van der Waals surface area contributed by atoms with Crippen molar-refractivity contribution in [1.82, 2.24) is 10.2 Å². The largest absolute Gasteiger partial charge is 0.375 e. The van der Waals surface area contributed by atoms with Crippen molar-refractivity contribution < 1.29 is 4.74 Å². The summed E-state index contributed by atoms with van der Waals surface area (Å²) in [6, 6.07) is 9.29. The average Bonchev–Trinajstić information content (AvgIpc) is 3.21. The van der Waals surface area contributed by atoms with Gasteiger partial charge in [0.2, 0.25) is 0 Å². The van der Waals surface area contributed by atoms with Crippen LogP contribution in [-0.4, -0.2) is 38.2 Å². The summed E-state index contributed by atoms with van der Waals surface area (Å²) in [6.45, 7) is 3.48. The van der Waals surface area contributed by atoms with Gasteiger partial charge in [-0.1, -0.05) is 24.3 Å². The third-order valence-corrected chi connectivity index (χ3v) is 3.50. The molecule has 1 N–H and O–H groups in total. The topological polar surface area (TPSA) is 24.5 Å². The zero-order valence-corrected chi connectivity index (χ0v) is 11.5. The molecule has 1 fully saturated rings. The highest BCUT2D eigenvalue weighted by molar-refractivity contribution is 5.26. The van der Waals surface area contributed by atoms with Crippen molar-refractivity contribution in [3.63, 3.8) is 0 Å². The molecule has 0 aromatic heterocycles. The second-order valence-corrected chi connectivity index (χ2v) is 5.06. The van der Waals surface area contributed by atoms with Crippen LogP contribution in [0.15, 0.2) is 24.3 Å². The van der Waals surface area contributed by atoms with Gasteiger partial charge in [0.05, 0.1) is 13.2 Å². The molecule has 1 saturated carbocycles. The van der Waals surface area contributed by atoms with Crippen LogP contribution >= 0.6 is 0 Å². The first-order valence-corrected chi connectivity index (χ1v) is 6.80. The summed E-state index contributed by atoms with van der Waals surface area (Å²) in [5, 5.41) is 3.19. The number of likely N-dealkylation sites (N-methyl/N-ethyl adjacent to an activating group) is 1. The molecule has 1 aliphatic carbocycles. The fourth-order valence-electron chi connectivity index (χ4n) is 2.15. The Kier molecular flexibility index (Phi) is 5.17. The lowest BCUT2D eigenvalue weighted by molar-refractivity contribution is 0.0974. The van der Waals surface area contributed by atoms with Crippen molar-refractivity contribution in [1.29, 1.82) is 0 Å². The van der Waals surface area contributed by atoms with Crippen LogP contribution in [0.1, 0.15) is 24.0 Å². The van der Waals surface area contributed by atoms with Gasteiger partial charge in [-0.25, -0.2) is 0 Å². The van der Waals surface area contributed by atoms with Crippen LogP contribution in [-0.2, 0) is 17.9 Å². The van der Waals surface area contributed by atoms with Crippen LogP contribution in [0.25, 0.3) is 0 Å². The Bertz CT molecular complexity index is 363. The maximum atomic E-state index is 5.79. The van der Waals surface area contributed by atoms with Gasteiger partial charge in [0, 0.05) is 19.1 Å². The number of rotatable bonds is 8. The van der Waals surface area contributed by atoms with Gasteiger partial charge < -0.3 is 15.0 Å². The summed E-state index contributed by atoms with van der Waals surface area (Å²) in [7, 11) is 4.16. The third kappa shape index (κ3) is 4.09. The van der Waals surface area contributed by atoms with E-state index in [9.17, 15) is 0 Å². The van der Waals surface area contributed by atoms with E-state index in [0.717, 1.165) is 32.3 Å². The standard InChI is InChI=1S/C15H24N2O/c1-16-11-13-5-3-4-6-14(13)12-18-10-9-17(2)15-7-8-15/h3-6,15-16H,7-12H2,1-2H3. The van der Waals surface area contributed by atoms with E-state index in [-0.39, 0.29) is 0 Å². The van der Waals surface area contributed by atoms with Crippen LogP contribution in [0.4, 0.5) is 0 Å². The molecule has 100 valence electrons. The predicted octanol–water partition coefficient (Wildman–Crippen LogP) is 2.02.